The van der Waals surface area contributed by atoms with Crippen LogP contribution in [0.1, 0.15) is 29.3 Å². The molecule has 6 nitrogen and oxygen atoms in total. The Hall–Kier alpha value is -3.23. The first-order chi connectivity index (χ1) is 12.7. The van der Waals surface area contributed by atoms with Crippen molar-refractivity contribution >= 4 is 23.3 Å². The number of carbonyl (C=O) groups is 2. The number of urea groups is 1. The molecule has 0 saturated carbocycles. The predicted octanol–water partition coefficient (Wildman–Crippen LogP) is 4.24. The largest absolute Gasteiger partial charge is 0.491 e. The molecule has 0 fully saturated rings. The van der Waals surface area contributed by atoms with Crippen LogP contribution in [0.4, 0.5) is 29.3 Å². The Labute approximate surface area is 153 Å². The third-order valence-electron chi connectivity index (χ3n) is 3.41. The maximum absolute atomic E-state index is 13.0. The smallest absolute Gasteiger partial charge is 0.416 e. The van der Waals surface area contributed by atoms with Gasteiger partial charge in [0.05, 0.1) is 17.9 Å². The Kier molecular flexibility index (Phi) is 6.27. The number of halogens is 3. The maximum Gasteiger partial charge on any atom is 0.416 e. The van der Waals surface area contributed by atoms with E-state index in [1.54, 1.807) is 0 Å². The predicted molar refractivity (Wildman–Crippen MR) is 94.8 cm³/mol. The fourth-order valence-corrected chi connectivity index (χ4v) is 2.22. The van der Waals surface area contributed by atoms with Crippen molar-refractivity contribution in [1.82, 2.24) is 0 Å². The van der Waals surface area contributed by atoms with Gasteiger partial charge in [0.15, 0.2) is 0 Å². The number of hydrogen-bond donors (Lipinski definition) is 3. The van der Waals surface area contributed by atoms with Gasteiger partial charge in [-0.25, -0.2) is 4.79 Å². The lowest BCUT2D eigenvalue weighted by Crippen LogP contribution is -2.20. The van der Waals surface area contributed by atoms with E-state index >= 15 is 0 Å². The van der Waals surface area contributed by atoms with Crippen LogP contribution >= 0.6 is 0 Å². The van der Waals surface area contributed by atoms with Crippen LogP contribution in [-0.2, 0) is 6.18 Å². The molecule has 0 aliphatic rings. The van der Waals surface area contributed by atoms with Crippen molar-refractivity contribution in [3.63, 3.8) is 0 Å². The minimum absolute atomic E-state index is 0.100. The summed E-state index contributed by atoms with van der Waals surface area (Å²) in [7, 11) is 0. The molecule has 0 radical (unpaired) electrons. The zero-order valence-electron chi connectivity index (χ0n) is 14.4. The minimum Gasteiger partial charge on any atom is -0.491 e. The molecule has 2 rings (SSSR count). The molecule has 27 heavy (non-hydrogen) atoms. The lowest BCUT2D eigenvalue weighted by atomic mass is 10.1. The highest BCUT2D eigenvalue weighted by Gasteiger charge is 2.31. The van der Waals surface area contributed by atoms with E-state index in [1.165, 1.54) is 30.3 Å². The van der Waals surface area contributed by atoms with E-state index in [0.717, 1.165) is 12.1 Å². The maximum atomic E-state index is 13.0. The number of nitrogens with one attached hydrogen (secondary N) is 2. The standard InChI is InChI=1S/C18H18F3N3O3/c1-2-8-27-15-7-6-12(18(19,20)21)10-14(15)24-16(25)11-4-3-5-13(9-11)23-17(22)26/h3-7,9-10H,2,8H2,1H3,(H,24,25)(H3,22,23,26). The SMILES string of the molecule is CCCOc1ccc(C(F)(F)F)cc1NC(=O)c1cccc(NC(N)=O)c1. The molecule has 0 atom stereocenters. The number of nitrogens with two attached hydrogens (primary N) is 1. The highest BCUT2D eigenvalue weighted by atomic mass is 19.4. The average molecular weight is 381 g/mol. The van der Waals surface area contributed by atoms with E-state index in [4.69, 9.17) is 10.5 Å². The Bertz CT molecular complexity index is 838. The van der Waals surface area contributed by atoms with Crippen LogP contribution in [0, 0.1) is 0 Å². The number of alkyl halides is 3. The number of anilines is 2. The lowest BCUT2D eigenvalue weighted by molar-refractivity contribution is -0.137. The van der Waals surface area contributed by atoms with Crippen molar-refractivity contribution in [2.45, 2.75) is 19.5 Å². The summed E-state index contributed by atoms with van der Waals surface area (Å²) in [6.45, 7) is 2.13. The summed E-state index contributed by atoms with van der Waals surface area (Å²) >= 11 is 0. The molecule has 0 spiro atoms. The summed E-state index contributed by atoms with van der Waals surface area (Å²) in [6.07, 6.45) is -3.91. The summed E-state index contributed by atoms with van der Waals surface area (Å²) in [5, 5.41) is 4.74. The van der Waals surface area contributed by atoms with E-state index in [-0.39, 0.29) is 29.3 Å². The van der Waals surface area contributed by atoms with Crippen molar-refractivity contribution in [3.8, 4) is 5.75 Å². The van der Waals surface area contributed by atoms with Crippen LogP contribution in [0.5, 0.6) is 5.75 Å². The van der Waals surface area contributed by atoms with E-state index in [0.29, 0.717) is 6.42 Å². The van der Waals surface area contributed by atoms with Crippen molar-refractivity contribution in [2.75, 3.05) is 17.2 Å². The summed E-state index contributed by atoms with van der Waals surface area (Å²) < 4.78 is 44.4. The molecule has 0 saturated heterocycles. The van der Waals surface area contributed by atoms with E-state index in [1.807, 2.05) is 6.92 Å². The van der Waals surface area contributed by atoms with Gasteiger partial charge < -0.3 is 21.1 Å². The number of benzene rings is 2. The molecule has 0 heterocycles. The Morgan fingerprint density at radius 3 is 2.48 bits per heavy atom. The van der Waals surface area contributed by atoms with Crippen LogP contribution in [0.25, 0.3) is 0 Å². The van der Waals surface area contributed by atoms with Crippen LogP contribution in [0.3, 0.4) is 0 Å². The third kappa shape index (κ3) is 5.63. The Morgan fingerprint density at radius 1 is 1.11 bits per heavy atom. The van der Waals surface area contributed by atoms with Crippen LogP contribution in [0.15, 0.2) is 42.5 Å². The quantitative estimate of drug-likeness (QED) is 0.699. The summed E-state index contributed by atoms with van der Waals surface area (Å²) in [4.78, 5) is 23.4. The zero-order chi connectivity index (χ0) is 20.0. The Morgan fingerprint density at radius 2 is 1.85 bits per heavy atom. The lowest BCUT2D eigenvalue weighted by Gasteiger charge is -2.15. The number of primary amides is 1. The summed E-state index contributed by atoms with van der Waals surface area (Å²) in [5.41, 5.74) is 4.42. The van der Waals surface area contributed by atoms with Gasteiger partial charge in [0.2, 0.25) is 0 Å². The number of ether oxygens (including phenoxy) is 1. The molecular formula is C18H18F3N3O3. The fourth-order valence-electron chi connectivity index (χ4n) is 2.22. The van der Waals surface area contributed by atoms with Crippen molar-refractivity contribution in [2.24, 2.45) is 5.73 Å². The minimum atomic E-state index is -4.56. The van der Waals surface area contributed by atoms with Gasteiger partial charge in [-0.05, 0) is 42.8 Å². The van der Waals surface area contributed by atoms with Crippen molar-refractivity contribution in [1.29, 1.82) is 0 Å². The van der Waals surface area contributed by atoms with Gasteiger partial charge in [0, 0.05) is 11.3 Å². The van der Waals surface area contributed by atoms with Crippen LogP contribution in [-0.4, -0.2) is 18.5 Å². The van der Waals surface area contributed by atoms with Crippen molar-refractivity contribution < 1.29 is 27.5 Å². The average Bonchev–Trinajstić information content (AvgIpc) is 2.59. The normalized spacial score (nSPS) is 11.0. The van der Waals surface area contributed by atoms with Crippen LogP contribution in [0.2, 0.25) is 0 Å². The third-order valence-corrected chi connectivity index (χ3v) is 3.41. The fraction of sp³-hybridized carbons (Fsp3) is 0.222. The molecule has 0 unspecified atom stereocenters. The van der Waals surface area contributed by atoms with Gasteiger partial charge in [-0.15, -0.1) is 0 Å². The second-order valence-electron chi connectivity index (χ2n) is 5.58. The topological polar surface area (TPSA) is 93.4 Å². The highest BCUT2D eigenvalue weighted by Crippen LogP contribution is 2.35. The van der Waals surface area contributed by atoms with E-state index < -0.39 is 23.7 Å². The van der Waals surface area contributed by atoms with Crippen LogP contribution < -0.4 is 21.1 Å². The van der Waals surface area contributed by atoms with Gasteiger partial charge >= 0.3 is 12.2 Å². The number of hydrogen-bond acceptors (Lipinski definition) is 3. The molecule has 9 heteroatoms. The molecule has 3 amide bonds. The molecule has 0 aromatic heterocycles. The molecular weight excluding hydrogens is 363 g/mol. The number of amides is 3. The van der Waals surface area contributed by atoms with E-state index in [9.17, 15) is 22.8 Å². The van der Waals surface area contributed by atoms with Gasteiger partial charge in [-0.1, -0.05) is 13.0 Å². The molecule has 2 aromatic rings. The van der Waals surface area contributed by atoms with Gasteiger partial charge in [0.1, 0.15) is 5.75 Å². The molecule has 4 N–H and O–H groups in total. The van der Waals surface area contributed by atoms with Crippen molar-refractivity contribution in [3.05, 3.63) is 53.6 Å². The van der Waals surface area contributed by atoms with Gasteiger partial charge in [-0.2, -0.15) is 13.2 Å². The summed E-state index contributed by atoms with van der Waals surface area (Å²) in [5.74, 6) is -0.534. The zero-order valence-corrected chi connectivity index (χ0v) is 14.4. The second kappa shape index (κ2) is 8.43. The molecule has 2 aromatic carbocycles. The molecule has 0 aliphatic heterocycles. The second-order valence-corrected chi connectivity index (χ2v) is 5.58. The molecule has 0 aliphatic carbocycles. The first-order valence-corrected chi connectivity index (χ1v) is 8.02. The number of carbonyl (C=O) groups excluding carboxylic acids is 2. The highest BCUT2D eigenvalue weighted by molar-refractivity contribution is 6.06. The first-order valence-electron chi connectivity index (χ1n) is 8.02. The molecule has 0 bridgehead atoms. The van der Waals surface area contributed by atoms with Gasteiger partial charge in [0.25, 0.3) is 5.91 Å². The number of rotatable bonds is 6. The van der Waals surface area contributed by atoms with E-state index in [2.05, 4.69) is 10.6 Å². The molecule has 144 valence electrons. The first kappa shape index (κ1) is 20.1. The summed E-state index contributed by atoms with van der Waals surface area (Å²) in [6, 6.07) is 7.87. The Balaban J connectivity index is 2.30. The van der Waals surface area contributed by atoms with Gasteiger partial charge in [-0.3, -0.25) is 4.79 Å². The monoisotopic (exact) mass is 381 g/mol.